The molecule has 3 N–H and O–H groups in total. The molecule has 0 aromatic heterocycles. The summed E-state index contributed by atoms with van der Waals surface area (Å²) in [7, 11) is -9.90. The third-order valence-corrected chi connectivity index (χ3v) is 20.8. The summed E-state index contributed by atoms with van der Waals surface area (Å²) in [5.41, 5.74) is 0. The second-order valence-corrected chi connectivity index (χ2v) is 31.6. The average molecular weight is 1440 g/mol. The Morgan fingerprint density at radius 1 is 0.286 bits per heavy atom. The second-order valence-electron chi connectivity index (χ2n) is 28.7. The lowest BCUT2D eigenvalue weighted by atomic mass is 9.99. The summed E-state index contributed by atoms with van der Waals surface area (Å²) in [4.78, 5) is 72.5. The number of aliphatic hydroxyl groups excluding tert-OH is 1. The number of aliphatic hydroxyl groups is 1. The largest absolute Gasteiger partial charge is 0.472 e. The SMILES string of the molecule is CCCCCCCCCCCCCCCCCCCCCCCC(=O)OC[C@H](COP(=O)(O)OC[C@@H](O)COP(=O)(O)OC[C@@H](COC(=O)CCCCCCC)OC(=O)CCCCCCCCCCCC)OC(=O)CCCCCCCCCCCCCCCCCCCCC(C)CC. The molecule has 0 fully saturated rings. The monoisotopic (exact) mass is 1440 g/mol. The molecule has 0 saturated carbocycles. The summed E-state index contributed by atoms with van der Waals surface area (Å²) >= 11 is 0. The molecule has 0 aromatic rings. The first-order valence-corrected chi connectivity index (χ1v) is 44.2. The molecule has 0 aliphatic rings. The van der Waals surface area contributed by atoms with Crippen molar-refractivity contribution in [2.24, 2.45) is 5.92 Å². The number of carbonyl (C=O) groups excluding carboxylic acids is 4. The van der Waals surface area contributed by atoms with Gasteiger partial charge in [-0.25, -0.2) is 9.13 Å². The van der Waals surface area contributed by atoms with E-state index >= 15 is 0 Å². The van der Waals surface area contributed by atoms with Gasteiger partial charge in [-0.15, -0.1) is 0 Å². The maximum atomic E-state index is 13.1. The van der Waals surface area contributed by atoms with Gasteiger partial charge in [0, 0.05) is 25.7 Å². The second kappa shape index (κ2) is 72.0. The van der Waals surface area contributed by atoms with Crippen molar-refractivity contribution >= 4 is 39.5 Å². The number of phosphoric acid groups is 2. The highest BCUT2D eigenvalue weighted by molar-refractivity contribution is 7.47. The minimum atomic E-state index is -4.96. The van der Waals surface area contributed by atoms with Crippen LogP contribution in [0, 0.1) is 5.92 Å². The summed E-state index contributed by atoms with van der Waals surface area (Å²) in [5, 5.41) is 10.6. The van der Waals surface area contributed by atoms with Gasteiger partial charge in [0.25, 0.3) is 0 Å². The van der Waals surface area contributed by atoms with E-state index < -0.39 is 97.5 Å². The van der Waals surface area contributed by atoms with Crippen LogP contribution in [0.3, 0.4) is 0 Å². The highest BCUT2D eigenvalue weighted by Crippen LogP contribution is 2.45. The van der Waals surface area contributed by atoms with Crippen LogP contribution in [0.15, 0.2) is 0 Å². The molecule has 0 heterocycles. The first kappa shape index (κ1) is 96.1. The molecule has 0 aliphatic carbocycles. The maximum absolute atomic E-state index is 13.1. The van der Waals surface area contributed by atoms with Crippen LogP contribution in [0.2, 0.25) is 0 Å². The topological polar surface area (TPSA) is 237 Å². The molecule has 582 valence electrons. The van der Waals surface area contributed by atoms with Crippen LogP contribution in [0.25, 0.3) is 0 Å². The van der Waals surface area contributed by atoms with E-state index in [9.17, 15) is 43.2 Å². The summed E-state index contributed by atoms with van der Waals surface area (Å²) in [6.45, 7) is 7.27. The first-order valence-electron chi connectivity index (χ1n) is 41.2. The molecule has 0 aromatic carbocycles. The molecule has 0 saturated heterocycles. The van der Waals surface area contributed by atoms with E-state index in [-0.39, 0.29) is 25.7 Å². The fourth-order valence-corrected chi connectivity index (χ4v) is 13.8. The fraction of sp³-hybridized carbons (Fsp3) is 0.949. The van der Waals surface area contributed by atoms with Gasteiger partial charge in [0.05, 0.1) is 26.4 Å². The van der Waals surface area contributed by atoms with Crippen molar-refractivity contribution in [1.82, 2.24) is 0 Å². The number of phosphoric ester groups is 2. The Kier molecular flexibility index (Phi) is 70.6. The van der Waals surface area contributed by atoms with Crippen molar-refractivity contribution in [2.45, 2.75) is 438 Å². The van der Waals surface area contributed by atoms with Crippen LogP contribution >= 0.6 is 15.6 Å². The van der Waals surface area contributed by atoms with Gasteiger partial charge in [-0.3, -0.25) is 37.3 Å². The van der Waals surface area contributed by atoms with E-state index in [4.69, 9.17) is 37.0 Å². The van der Waals surface area contributed by atoms with E-state index in [1.165, 1.54) is 238 Å². The third-order valence-electron chi connectivity index (χ3n) is 18.9. The number of ether oxygens (including phenoxy) is 4. The molecule has 0 aliphatic heterocycles. The van der Waals surface area contributed by atoms with Gasteiger partial charge in [0.1, 0.15) is 19.3 Å². The van der Waals surface area contributed by atoms with Crippen LogP contribution in [0.1, 0.15) is 420 Å². The van der Waals surface area contributed by atoms with Crippen LogP contribution in [0.4, 0.5) is 0 Å². The van der Waals surface area contributed by atoms with Crippen molar-refractivity contribution in [2.75, 3.05) is 39.6 Å². The Morgan fingerprint density at radius 3 is 0.724 bits per heavy atom. The van der Waals surface area contributed by atoms with Crippen LogP contribution < -0.4 is 0 Å². The lowest BCUT2D eigenvalue weighted by molar-refractivity contribution is -0.161. The summed E-state index contributed by atoms with van der Waals surface area (Å²) in [6.07, 6.45) is 63.1. The molecule has 17 nitrogen and oxygen atoms in total. The van der Waals surface area contributed by atoms with Gasteiger partial charge < -0.3 is 33.8 Å². The number of rotatable bonds is 79. The molecule has 6 atom stereocenters. The highest BCUT2D eigenvalue weighted by atomic mass is 31.2. The molecular formula is C79H154O17P2. The zero-order chi connectivity index (χ0) is 71.9. The fourth-order valence-electron chi connectivity index (χ4n) is 12.2. The molecule has 0 radical (unpaired) electrons. The van der Waals surface area contributed by atoms with Crippen molar-refractivity contribution in [3.8, 4) is 0 Å². The lowest BCUT2D eigenvalue weighted by Gasteiger charge is -2.21. The third kappa shape index (κ3) is 71.1. The van der Waals surface area contributed by atoms with E-state index in [0.717, 1.165) is 102 Å². The Bertz CT molecular complexity index is 1880. The molecule has 19 heteroatoms. The van der Waals surface area contributed by atoms with E-state index in [1.807, 2.05) is 0 Å². The quantitative estimate of drug-likeness (QED) is 0.0222. The van der Waals surface area contributed by atoms with Gasteiger partial charge in [-0.05, 0) is 31.6 Å². The van der Waals surface area contributed by atoms with Crippen molar-refractivity contribution < 1.29 is 80.2 Å². The van der Waals surface area contributed by atoms with Gasteiger partial charge in [0.15, 0.2) is 12.2 Å². The van der Waals surface area contributed by atoms with Crippen LogP contribution in [-0.4, -0.2) is 96.7 Å². The highest BCUT2D eigenvalue weighted by Gasteiger charge is 2.30. The number of carbonyl (C=O) groups is 4. The molecule has 0 spiro atoms. The van der Waals surface area contributed by atoms with Gasteiger partial charge in [0.2, 0.25) is 0 Å². The van der Waals surface area contributed by atoms with Gasteiger partial charge >= 0.3 is 39.5 Å². The Balaban J connectivity index is 5.08. The normalized spacial score (nSPS) is 14.2. The molecule has 0 bridgehead atoms. The van der Waals surface area contributed by atoms with E-state index in [2.05, 4.69) is 34.6 Å². The molecule has 0 amide bonds. The van der Waals surface area contributed by atoms with Gasteiger partial charge in [-0.1, -0.05) is 369 Å². The number of hydrogen-bond donors (Lipinski definition) is 3. The van der Waals surface area contributed by atoms with Crippen molar-refractivity contribution in [3.05, 3.63) is 0 Å². The number of unbranched alkanes of at least 4 members (excludes halogenated alkanes) is 50. The van der Waals surface area contributed by atoms with Gasteiger partial charge in [-0.2, -0.15) is 0 Å². The molecular weight excluding hydrogens is 1280 g/mol. The molecule has 0 rings (SSSR count). The predicted octanol–water partition coefficient (Wildman–Crippen LogP) is 23.6. The predicted molar refractivity (Wildman–Crippen MR) is 400 cm³/mol. The Labute approximate surface area is 600 Å². The summed E-state index contributed by atoms with van der Waals surface area (Å²) in [5.74, 6) is -1.25. The average Bonchev–Trinajstić information content (AvgIpc) is 1.21. The standard InChI is InChI=1S/C79H154O17P2/c1-6-10-13-16-18-20-22-23-24-25-26-27-28-32-35-38-41-45-48-53-58-63-77(82)90-69-75(96-79(84)65-60-55-50-46-42-39-36-33-30-29-31-34-37-40-43-47-52-56-61-72(5)9-4)71-94-98(87,88)92-67-73(80)66-91-97(85,86)93-70-74(68-89-76(81)62-57-51-15-12-8-3)95-78(83)64-59-54-49-44-21-19-17-14-11-7-2/h72-75,80H,6-71H2,1-5H3,(H,85,86)(H,87,88)/t72?,73-,74+,75+/m0/s1. The van der Waals surface area contributed by atoms with Crippen molar-refractivity contribution in [3.63, 3.8) is 0 Å². The Morgan fingerprint density at radius 2 is 0.490 bits per heavy atom. The van der Waals surface area contributed by atoms with Crippen molar-refractivity contribution in [1.29, 1.82) is 0 Å². The molecule has 3 unspecified atom stereocenters. The zero-order valence-corrected chi connectivity index (χ0v) is 65.7. The lowest BCUT2D eigenvalue weighted by Crippen LogP contribution is -2.30. The zero-order valence-electron chi connectivity index (χ0n) is 63.9. The minimum Gasteiger partial charge on any atom is -0.462 e. The van der Waals surface area contributed by atoms with Crippen LogP contribution in [0.5, 0.6) is 0 Å². The van der Waals surface area contributed by atoms with E-state index in [1.54, 1.807) is 0 Å². The number of esters is 4. The van der Waals surface area contributed by atoms with Crippen LogP contribution in [-0.2, 0) is 65.4 Å². The van der Waals surface area contributed by atoms with E-state index in [0.29, 0.717) is 25.7 Å². The number of hydrogen-bond acceptors (Lipinski definition) is 15. The summed E-state index contributed by atoms with van der Waals surface area (Å²) in [6, 6.07) is 0. The molecule has 98 heavy (non-hydrogen) atoms. The minimum absolute atomic E-state index is 0.106. The maximum Gasteiger partial charge on any atom is 0.472 e. The smallest absolute Gasteiger partial charge is 0.462 e. The first-order chi connectivity index (χ1) is 47.6. The Hall–Kier alpha value is -1.94. The summed E-state index contributed by atoms with van der Waals surface area (Å²) < 4.78 is 68.3.